The minimum absolute atomic E-state index is 0.263. The lowest BCUT2D eigenvalue weighted by atomic mass is 10.3. The zero-order valence-electron chi connectivity index (χ0n) is 13.8. The Morgan fingerprint density at radius 1 is 1.44 bits per heavy atom. The number of hydrogen-bond donors (Lipinski definition) is 2. The van der Waals surface area contributed by atoms with Crippen molar-refractivity contribution in [2.75, 3.05) is 5.32 Å². The molecule has 0 saturated heterocycles. The Morgan fingerprint density at radius 3 is 2.96 bits per heavy atom. The molecule has 0 bridgehead atoms. The van der Waals surface area contributed by atoms with E-state index in [1.54, 1.807) is 19.1 Å². The fourth-order valence-corrected chi connectivity index (χ4v) is 2.95. The fraction of sp³-hybridized carbons (Fsp3) is 0.176. The van der Waals surface area contributed by atoms with E-state index >= 15 is 0 Å². The van der Waals surface area contributed by atoms with Crippen LogP contribution in [0.5, 0.6) is 0 Å². The molecule has 0 saturated carbocycles. The summed E-state index contributed by atoms with van der Waals surface area (Å²) in [4.78, 5) is 31.9. The number of hydrogen-bond acceptors (Lipinski definition) is 5. The molecule has 0 atom stereocenters. The molecule has 0 aromatic carbocycles. The van der Waals surface area contributed by atoms with E-state index in [1.807, 2.05) is 24.4 Å². The number of aromatic amines is 1. The summed E-state index contributed by atoms with van der Waals surface area (Å²) >= 11 is 1.54. The van der Waals surface area contributed by atoms with E-state index in [-0.39, 0.29) is 17.4 Å². The number of anilines is 1. The van der Waals surface area contributed by atoms with Gasteiger partial charge >= 0.3 is 0 Å². The maximum atomic E-state index is 12.0. The maximum Gasteiger partial charge on any atom is 0.252 e. The predicted molar refractivity (Wildman–Crippen MR) is 98.1 cm³/mol. The Balaban J connectivity index is 2.11. The summed E-state index contributed by atoms with van der Waals surface area (Å²) in [5.74, 6) is 0.418. The third kappa shape index (κ3) is 3.74. The van der Waals surface area contributed by atoms with Crippen molar-refractivity contribution in [2.24, 2.45) is 0 Å². The number of amides is 1. The van der Waals surface area contributed by atoms with Crippen LogP contribution >= 0.6 is 11.3 Å². The fourth-order valence-electron chi connectivity index (χ4n) is 2.27. The van der Waals surface area contributed by atoms with Crippen LogP contribution in [0.25, 0.3) is 16.5 Å². The largest absolute Gasteiger partial charge is 0.307 e. The minimum Gasteiger partial charge on any atom is -0.307 e. The third-order valence-corrected chi connectivity index (χ3v) is 4.29. The van der Waals surface area contributed by atoms with E-state index in [9.17, 15) is 9.59 Å². The van der Waals surface area contributed by atoms with Crippen molar-refractivity contribution in [3.8, 4) is 16.5 Å². The summed E-state index contributed by atoms with van der Waals surface area (Å²) in [6.45, 7) is 3.68. The first-order chi connectivity index (χ1) is 12.1. The summed E-state index contributed by atoms with van der Waals surface area (Å²) in [6.07, 6.45) is 3.69. The molecule has 3 aromatic heterocycles. The number of rotatable bonds is 5. The highest BCUT2D eigenvalue weighted by Crippen LogP contribution is 2.27. The predicted octanol–water partition coefficient (Wildman–Crippen LogP) is 2.76. The number of thiophene rings is 1. The van der Waals surface area contributed by atoms with Gasteiger partial charge in [-0.3, -0.25) is 14.6 Å². The number of aromatic nitrogens is 4. The molecule has 1 amide bonds. The lowest BCUT2D eigenvalue weighted by Gasteiger charge is -2.07. The van der Waals surface area contributed by atoms with Crippen molar-refractivity contribution < 1.29 is 4.79 Å². The van der Waals surface area contributed by atoms with Gasteiger partial charge in [-0.2, -0.15) is 9.78 Å². The first-order valence-corrected chi connectivity index (χ1v) is 8.67. The van der Waals surface area contributed by atoms with Gasteiger partial charge in [0, 0.05) is 17.8 Å². The second-order valence-electron chi connectivity index (χ2n) is 5.21. The average Bonchev–Trinajstić information content (AvgIpc) is 3.23. The van der Waals surface area contributed by atoms with Gasteiger partial charge in [0.05, 0.1) is 4.88 Å². The molecule has 0 unspecified atom stereocenters. The van der Waals surface area contributed by atoms with Gasteiger partial charge in [-0.1, -0.05) is 19.1 Å². The van der Waals surface area contributed by atoms with Crippen LogP contribution in [0.3, 0.4) is 0 Å². The topological polar surface area (TPSA) is 92.7 Å². The van der Waals surface area contributed by atoms with Crippen molar-refractivity contribution in [1.29, 1.82) is 0 Å². The van der Waals surface area contributed by atoms with Crippen LogP contribution in [0, 0.1) is 0 Å². The van der Waals surface area contributed by atoms with Crippen molar-refractivity contribution in [3.05, 3.63) is 57.8 Å². The molecular formula is C17H17N5O2S. The van der Waals surface area contributed by atoms with Crippen LogP contribution in [-0.2, 0) is 11.2 Å². The second-order valence-corrected chi connectivity index (χ2v) is 6.15. The van der Waals surface area contributed by atoms with Crippen LogP contribution < -0.4 is 10.9 Å². The van der Waals surface area contributed by atoms with Crippen molar-refractivity contribution in [2.45, 2.75) is 20.3 Å². The molecule has 0 fully saturated rings. The van der Waals surface area contributed by atoms with Crippen LogP contribution in [0.1, 0.15) is 19.5 Å². The minimum atomic E-state index is -0.282. The highest BCUT2D eigenvalue weighted by molar-refractivity contribution is 7.13. The van der Waals surface area contributed by atoms with Gasteiger partial charge in [0.2, 0.25) is 11.9 Å². The second kappa shape index (κ2) is 7.27. The third-order valence-electron chi connectivity index (χ3n) is 3.40. The van der Waals surface area contributed by atoms with Gasteiger partial charge in [0.25, 0.3) is 5.56 Å². The Labute approximate surface area is 148 Å². The van der Waals surface area contributed by atoms with Crippen molar-refractivity contribution >= 4 is 23.1 Å². The monoisotopic (exact) mass is 355 g/mol. The summed E-state index contributed by atoms with van der Waals surface area (Å²) < 4.78 is 1.44. The van der Waals surface area contributed by atoms with E-state index in [0.717, 1.165) is 4.88 Å². The standard InChI is InChI=1S/C17H17N5O2S/c1-3-6-15(23)19-14-10-12(13-7-5-8-25-13)21-22(14)17-18-11(4-2)9-16(24)20-17/h3,5-10H,4H2,1-2H3,(H,19,23)(H,18,20,24)/b6-3-. The molecule has 3 heterocycles. The maximum absolute atomic E-state index is 12.0. The smallest absolute Gasteiger partial charge is 0.252 e. The zero-order valence-corrected chi connectivity index (χ0v) is 14.6. The molecule has 0 aliphatic carbocycles. The highest BCUT2D eigenvalue weighted by Gasteiger charge is 2.15. The Hall–Kier alpha value is -3.00. The van der Waals surface area contributed by atoms with Crippen molar-refractivity contribution in [1.82, 2.24) is 19.7 Å². The number of allylic oxidation sites excluding steroid dienone is 1. The van der Waals surface area contributed by atoms with E-state index in [1.165, 1.54) is 28.2 Å². The molecule has 3 aromatic rings. The van der Waals surface area contributed by atoms with Crippen molar-refractivity contribution in [3.63, 3.8) is 0 Å². The molecule has 2 N–H and O–H groups in total. The molecule has 8 heteroatoms. The van der Waals surface area contributed by atoms with Gasteiger partial charge in [0.15, 0.2) is 0 Å². The van der Waals surface area contributed by atoms with Crippen LogP contribution in [0.15, 0.2) is 46.6 Å². The van der Waals surface area contributed by atoms with E-state index in [0.29, 0.717) is 23.6 Å². The van der Waals surface area contributed by atoms with E-state index in [4.69, 9.17) is 0 Å². The van der Waals surface area contributed by atoms with Crippen LogP contribution in [0.4, 0.5) is 5.82 Å². The van der Waals surface area contributed by atoms with E-state index in [2.05, 4.69) is 20.4 Å². The van der Waals surface area contributed by atoms with Crippen LogP contribution in [0.2, 0.25) is 0 Å². The lowest BCUT2D eigenvalue weighted by Crippen LogP contribution is -2.18. The Kier molecular flexibility index (Phi) is 4.90. The molecule has 25 heavy (non-hydrogen) atoms. The number of aryl methyl sites for hydroxylation is 1. The number of nitrogens with one attached hydrogen (secondary N) is 2. The molecule has 7 nitrogen and oxygen atoms in total. The first-order valence-electron chi connectivity index (χ1n) is 7.79. The van der Waals surface area contributed by atoms with Gasteiger partial charge in [-0.05, 0) is 30.9 Å². The van der Waals surface area contributed by atoms with E-state index < -0.39 is 0 Å². The van der Waals surface area contributed by atoms with Gasteiger partial charge in [0.1, 0.15) is 11.5 Å². The first kappa shape index (κ1) is 16.8. The Bertz CT molecular complexity index is 969. The molecule has 0 radical (unpaired) electrons. The summed E-state index contributed by atoms with van der Waals surface area (Å²) in [5, 5.41) is 9.22. The van der Waals surface area contributed by atoms with Crippen LogP contribution in [-0.4, -0.2) is 25.7 Å². The average molecular weight is 355 g/mol. The Morgan fingerprint density at radius 2 is 2.28 bits per heavy atom. The number of nitrogens with zero attached hydrogens (tertiary/aromatic N) is 3. The highest BCUT2D eigenvalue weighted by atomic mass is 32.1. The number of carbonyl (C=O) groups is 1. The molecule has 0 spiro atoms. The molecule has 0 aliphatic rings. The number of H-pyrrole nitrogens is 1. The van der Waals surface area contributed by atoms with Gasteiger partial charge in [-0.15, -0.1) is 11.3 Å². The summed E-state index contributed by atoms with van der Waals surface area (Å²) in [6, 6.07) is 7.07. The zero-order chi connectivity index (χ0) is 17.8. The summed E-state index contributed by atoms with van der Waals surface area (Å²) in [5.41, 5.74) is 1.08. The number of carbonyl (C=O) groups excluding carboxylic acids is 1. The molecular weight excluding hydrogens is 338 g/mol. The summed E-state index contributed by atoms with van der Waals surface area (Å²) in [7, 11) is 0. The van der Waals surface area contributed by atoms with Gasteiger partial charge < -0.3 is 5.32 Å². The SMILES string of the molecule is C/C=C\C(=O)Nc1cc(-c2cccs2)nn1-c1nc(CC)cc(=O)[nH]1. The lowest BCUT2D eigenvalue weighted by molar-refractivity contribution is -0.111. The van der Waals surface area contributed by atoms with Gasteiger partial charge in [-0.25, -0.2) is 4.98 Å². The normalized spacial score (nSPS) is 11.1. The quantitative estimate of drug-likeness (QED) is 0.688. The molecule has 0 aliphatic heterocycles. The molecule has 3 rings (SSSR count). The molecule has 128 valence electrons.